The lowest BCUT2D eigenvalue weighted by molar-refractivity contribution is 1.42. The molecule has 0 amide bonds. The standard InChI is InChI=1S/C25H22ClN/c1-4-27-25(24(19(3)26)23-13-9-8-10-18(23)2)22-16-14-21(15-17-22)20-11-6-5-7-12-20/h4-17H,1H2,2-3H3/b24-19-,27-25?. The number of hydrogen-bond acceptors (Lipinski definition) is 1. The van der Waals surface area contributed by atoms with Gasteiger partial charge in [-0.1, -0.05) is 97.0 Å². The summed E-state index contributed by atoms with van der Waals surface area (Å²) in [6, 6.07) is 26.9. The molecule has 0 radical (unpaired) electrons. The predicted molar refractivity (Wildman–Crippen MR) is 118 cm³/mol. The quantitative estimate of drug-likeness (QED) is 0.418. The lowest BCUT2D eigenvalue weighted by atomic mass is 9.91. The molecular formula is C25H22ClN. The van der Waals surface area contributed by atoms with Crippen molar-refractivity contribution in [1.29, 1.82) is 0 Å². The number of aliphatic imine (C=N–C) groups is 1. The van der Waals surface area contributed by atoms with Crippen LogP contribution in [0.3, 0.4) is 0 Å². The third kappa shape index (κ3) is 4.27. The van der Waals surface area contributed by atoms with Gasteiger partial charge in [0.2, 0.25) is 0 Å². The molecule has 0 bridgehead atoms. The number of aryl methyl sites for hydroxylation is 1. The van der Waals surface area contributed by atoms with Gasteiger partial charge in [-0.3, -0.25) is 4.99 Å². The van der Waals surface area contributed by atoms with E-state index in [0.29, 0.717) is 5.03 Å². The Morgan fingerprint density at radius 3 is 2.04 bits per heavy atom. The summed E-state index contributed by atoms with van der Waals surface area (Å²) in [5.41, 5.74) is 7.36. The topological polar surface area (TPSA) is 12.4 Å². The number of rotatable bonds is 5. The van der Waals surface area contributed by atoms with Crippen molar-refractivity contribution in [3.8, 4) is 11.1 Å². The molecule has 0 fully saturated rings. The number of hydrogen-bond donors (Lipinski definition) is 0. The van der Waals surface area contributed by atoms with E-state index in [1.165, 1.54) is 11.1 Å². The zero-order valence-electron chi connectivity index (χ0n) is 15.6. The van der Waals surface area contributed by atoms with Gasteiger partial charge in [-0.2, -0.15) is 0 Å². The van der Waals surface area contributed by atoms with Gasteiger partial charge in [0.05, 0.1) is 5.71 Å². The maximum absolute atomic E-state index is 6.52. The summed E-state index contributed by atoms with van der Waals surface area (Å²) in [6.07, 6.45) is 1.57. The van der Waals surface area contributed by atoms with E-state index in [1.54, 1.807) is 6.20 Å². The molecule has 0 N–H and O–H groups in total. The molecule has 0 aliphatic heterocycles. The summed E-state index contributed by atoms with van der Waals surface area (Å²) in [5.74, 6) is 0. The van der Waals surface area contributed by atoms with E-state index in [1.807, 2.05) is 37.3 Å². The molecule has 0 heterocycles. The molecule has 0 aromatic heterocycles. The molecular weight excluding hydrogens is 350 g/mol. The van der Waals surface area contributed by atoms with Crippen molar-refractivity contribution in [3.05, 3.63) is 113 Å². The van der Waals surface area contributed by atoms with Gasteiger partial charge in [-0.05, 0) is 36.1 Å². The van der Waals surface area contributed by atoms with E-state index in [2.05, 4.69) is 67.0 Å². The van der Waals surface area contributed by atoms with Gasteiger partial charge in [0.1, 0.15) is 0 Å². The van der Waals surface area contributed by atoms with Crippen LogP contribution < -0.4 is 0 Å². The van der Waals surface area contributed by atoms with Crippen LogP contribution in [0.1, 0.15) is 23.6 Å². The summed E-state index contributed by atoms with van der Waals surface area (Å²) in [7, 11) is 0. The molecule has 27 heavy (non-hydrogen) atoms. The van der Waals surface area contributed by atoms with Crippen molar-refractivity contribution in [2.24, 2.45) is 4.99 Å². The minimum atomic E-state index is 0.706. The van der Waals surface area contributed by atoms with Crippen LogP contribution in [-0.4, -0.2) is 5.71 Å². The van der Waals surface area contributed by atoms with Gasteiger partial charge >= 0.3 is 0 Å². The normalized spacial score (nSPS) is 12.5. The Bertz CT molecular complexity index is 992. The first-order valence-corrected chi connectivity index (χ1v) is 9.27. The SMILES string of the molecule is C=CN=C(/C(=C(/C)Cl)c1ccccc1C)c1ccc(-c2ccccc2)cc1. The van der Waals surface area contributed by atoms with Crippen molar-refractivity contribution in [2.45, 2.75) is 13.8 Å². The maximum Gasteiger partial charge on any atom is 0.0791 e. The average Bonchev–Trinajstić information content (AvgIpc) is 2.69. The first-order chi connectivity index (χ1) is 13.1. The Balaban J connectivity index is 2.08. The van der Waals surface area contributed by atoms with E-state index in [4.69, 9.17) is 11.6 Å². The number of allylic oxidation sites excluding steroid dienone is 2. The van der Waals surface area contributed by atoms with E-state index in [9.17, 15) is 0 Å². The zero-order valence-corrected chi connectivity index (χ0v) is 16.4. The zero-order chi connectivity index (χ0) is 19.2. The first kappa shape index (κ1) is 18.9. The van der Waals surface area contributed by atoms with E-state index < -0.39 is 0 Å². The molecule has 0 spiro atoms. The van der Waals surface area contributed by atoms with Crippen molar-refractivity contribution in [1.82, 2.24) is 0 Å². The molecule has 0 aliphatic rings. The van der Waals surface area contributed by atoms with E-state index >= 15 is 0 Å². The summed E-state index contributed by atoms with van der Waals surface area (Å²) >= 11 is 6.52. The predicted octanol–water partition coefficient (Wildman–Crippen LogP) is 7.26. The van der Waals surface area contributed by atoms with Gasteiger partial charge in [0.25, 0.3) is 0 Å². The fourth-order valence-electron chi connectivity index (χ4n) is 3.16. The summed E-state index contributed by atoms with van der Waals surface area (Å²) in [4.78, 5) is 4.57. The monoisotopic (exact) mass is 371 g/mol. The van der Waals surface area contributed by atoms with Crippen molar-refractivity contribution < 1.29 is 0 Å². The smallest absolute Gasteiger partial charge is 0.0791 e. The molecule has 0 atom stereocenters. The molecule has 134 valence electrons. The molecule has 0 saturated heterocycles. The maximum atomic E-state index is 6.52. The number of nitrogens with zero attached hydrogens (tertiary/aromatic N) is 1. The third-order valence-corrected chi connectivity index (χ3v) is 4.67. The number of benzene rings is 3. The fourth-order valence-corrected chi connectivity index (χ4v) is 3.35. The van der Waals surface area contributed by atoms with Crippen molar-refractivity contribution in [2.75, 3.05) is 0 Å². The molecule has 0 unspecified atom stereocenters. The van der Waals surface area contributed by atoms with Crippen molar-refractivity contribution >= 4 is 22.9 Å². The molecule has 3 rings (SSSR count). The van der Waals surface area contributed by atoms with Gasteiger partial charge in [-0.25, -0.2) is 0 Å². The molecule has 0 aliphatic carbocycles. The largest absolute Gasteiger partial charge is 0.256 e. The fraction of sp³-hybridized carbons (Fsp3) is 0.0800. The van der Waals surface area contributed by atoms with Gasteiger partial charge in [0.15, 0.2) is 0 Å². The van der Waals surface area contributed by atoms with Crippen molar-refractivity contribution in [3.63, 3.8) is 0 Å². The van der Waals surface area contributed by atoms with Gasteiger partial charge in [0, 0.05) is 22.4 Å². The Morgan fingerprint density at radius 1 is 0.852 bits per heavy atom. The van der Waals surface area contributed by atoms with E-state index in [0.717, 1.165) is 28.0 Å². The highest BCUT2D eigenvalue weighted by Gasteiger charge is 2.16. The second-order valence-electron chi connectivity index (χ2n) is 6.33. The van der Waals surface area contributed by atoms with Crippen LogP contribution in [0.2, 0.25) is 0 Å². The lowest BCUT2D eigenvalue weighted by Gasteiger charge is -2.15. The molecule has 1 nitrogen and oxygen atoms in total. The summed E-state index contributed by atoms with van der Waals surface area (Å²) < 4.78 is 0. The highest BCUT2D eigenvalue weighted by Crippen LogP contribution is 2.30. The Labute approximate surface area is 166 Å². The van der Waals surface area contributed by atoms with Crippen LogP contribution in [0.4, 0.5) is 0 Å². The Hall–Kier alpha value is -2.90. The molecule has 0 saturated carbocycles. The molecule has 3 aromatic rings. The van der Waals surface area contributed by atoms with Crippen LogP contribution in [0.15, 0.2) is 102 Å². The minimum Gasteiger partial charge on any atom is -0.256 e. The Kier molecular flexibility index (Phi) is 6.05. The lowest BCUT2D eigenvalue weighted by Crippen LogP contribution is -2.07. The first-order valence-electron chi connectivity index (χ1n) is 8.89. The number of halogens is 1. The summed E-state index contributed by atoms with van der Waals surface area (Å²) in [5, 5.41) is 0.706. The van der Waals surface area contributed by atoms with Crippen LogP contribution in [0, 0.1) is 6.92 Å². The summed E-state index contributed by atoms with van der Waals surface area (Å²) in [6.45, 7) is 7.78. The Morgan fingerprint density at radius 2 is 1.44 bits per heavy atom. The van der Waals surface area contributed by atoms with Crippen LogP contribution in [0.25, 0.3) is 16.7 Å². The van der Waals surface area contributed by atoms with Gasteiger partial charge in [-0.15, -0.1) is 0 Å². The second kappa shape index (κ2) is 8.66. The van der Waals surface area contributed by atoms with Crippen LogP contribution in [-0.2, 0) is 0 Å². The van der Waals surface area contributed by atoms with Crippen LogP contribution >= 0.6 is 11.6 Å². The van der Waals surface area contributed by atoms with E-state index in [-0.39, 0.29) is 0 Å². The van der Waals surface area contributed by atoms with Crippen LogP contribution in [0.5, 0.6) is 0 Å². The average molecular weight is 372 g/mol. The molecule has 2 heteroatoms. The minimum absolute atomic E-state index is 0.706. The van der Waals surface area contributed by atoms with Gasteiger partial charge < -0.3 is 0 Å². The third-order valence-electron chi connectivity index (χ3n) is 4.48. The highest BCUT2D eigenvalue weighted by molar-refractivity contribution is 6.43. The second-order valence-corrected chi connectivity index (χ2v) is 6.89. The highest BCUT2D eigenvalue weighted by atomic mass is 35.5. The molecule has 3 aromatic carbocycles.